The van der Waals surface area contributed by atoms with Crippen molar-refractivity contribution in [2.75, 3.05) is 19.0 Å². The molecule has 0 radical (unpaired) electrons. The molecule has 9 heteroatoms. The van der Waals surface area contributed by atoms with Gasteiger partial charge in [-0.05, 0) is 37.1 Å². The molecule has 4 rings (SSSR count). The summed E-state index contributed by atoms with van der Waals surface area (Å²) in [4.78, 5) is 13.0. The summed E-state index contributed by atoms with van der Waals surface area (Å²) in [5, 5.41) is 4.62. The number of halogens is 1. The van der Waals surface area contributed by atoms with Gasteiger partial charge in [0.25, 0.3) is 10.0 Å². The number of anilines is 1. The Kier molecular flexibility index (Phi) is 5.52. The van der Waals surface area contributed by atoms with Crippen LogP contribution >= 0.6 is 22.9 Å². The van der Waals surface area contributed by atoms with Crippen LogP contribution in [0.1, 0.15) is 12.8 Å². The van der Waals surface area contributed by atoms with E-state index in [2.05, 4.69) is 5.32 Å². The second kappa shape index (κ2) is 7.95. The zero-order chi connectivity index (χ0) is 20.6. The predicted molar refractivity (Wildman–Crippen MR) is 115 cm³/mol. The highest BCUT2D eigenvalue weighted by molar-refractivity contribution is 7.91. The zero-order valence-corrected chi connectivity index (χ0v) is 18.0. The third kappa shape index (κ3) is 3.73. The quantitative estimate of drug-likeness (QED) is 0.626. The Labute approximate surface area is 178 Å². The lowest BCUT2D eigenvalue weighted by atomic mass is 10.1. The second-order valence-electron chi connectivity index (χ2n) is 6.68. The van der Waals surface area contributed by atoms with Crippen molar-refractivity contribution in [1.82, 2.24) is 4.31 Å². The Morgan fingerprint density at radius 2 is 1.93 bits per heavy atom. The van der Waals surface area contributed by atoms with Crippen molar-refractivity contribution in [2.24, 2.45) is 0 Å². The van der Waals surface area contributed by atoms with Crippen LogP contribution in [-0.2, 0) is 14.8 Å². The van der Waals surface area contributed by atoms with Crippen molar-refractivity contribution in [3.63, 3.8) is 0 Å². The molecule has 2 aromatic carbocycles. The minimum absolute atomic E-state index is 0.150. The first-order valence-corrected chi connectivity index (χ1v) is 11.7. The molecule has 1 amide bonds. The SMILES string of the molecule is COc1ccc(NC(=O)[C@H]2CCCN2S(=O)(=O)c2ccc(Cl)s2)c2ccccc12. The van der Waals surface area contributed by atoms with E-state index in [0.29, 0.717) is 35.2 Å². The van der Waals surface area contributed by atoms with Crippen molar-refractivity contribution in [3.05, 3.63) is 52.9 Å². The van der Waals surface area contributed by atoms with Crippen LogP contribution in [0.15, 0.2) is 52.7 Å². The van der Waals surface area contributed by atoms with E-state index in [9.17, 15) is 13.2 Å². The molecular weight excluding hydrogens is 432 g/mol. The van der Waals surface area contributed by atoms with Gasteiger partial charge < -0.3 is 10.1 Å². The molecule has 1 fully saturated rings. The highest BCUT2D eigenvalue weighted by atomic mass is 35.5. The zero-order valence-electron chi connectivity index (χ0n) is 15.6. The van der Waals surface area contributed by atoms with Crippen molar-refractivity contribution in [3.8, 4) is 5.75 Å². The van der Waals surface area contributed by atoms with Gasteiger partial charge in [0.05, 0.1) is 11.4 Å². The van der Waals surface area contributed by atoms with Crippen molar-refractivity contribution >= 4 is 55.3 Å². The van der Waals surface area contributed by atoms with Gasteiger partial charge in [0.15, 0.2) is 0 Å². The Hall–Kier alpha value is -2.13. The highest BCUT2D eigenvalue weighted by Gasteiger charge is 2.40. The molecule has 1 aliphatic rings. The number of hydrogen-bond acceptors (Lipinski definition) is 5. The minimum Gasteiger partial charge on any atom is -0.496 e. The van der Waals surface area contributed by atoms with Gasteiger partial charge in [0.2, 0.25) is 5.91 Å². The first-order chi connectivity index (χ1) is 13.9. The van der Waals surface area contributed by atoms with Crippen LogP contribution in [0.5, 0.6) is 5.75 Å². The minimum atomic E-state index is -3.77. The van der Waals surface area contributed by atoms with Crippen molar-refractivity contribution in [1.29, 1.82) is 0 Å². The van der Waals surface area contributed by atoms with E-state index in [0.717, 1.165) is 22.1 Å². The molecule has 0 saturated carbocycles. The van der Waals surface area contributed by atoms with Gasteiger partial charge in [-0.15, -0.1) is 11.3 Å². The molecule has 0 unspecified atom stereocenters. The van der Waals surface area contributed by atoms with Gasteiger partial charge in [0.1, 0.15) is 16.0 Å². The third-order valence-electron chi connectivity index (χ3n) is 4.98. The van der Waals surface area contributed by atoms with Crippen LogP contribution in [0.25, 0.3) is 10.8 Å². The Balaban J connectivity index is 1.63. The number of rotatable bonds is 5. The maximum atomic E-state index is 13.0. The Morgan fingerprint density at radius 1 is 1.17 bits per heavy atom. The van der Waals surface area contributed by atoms with Crippen LogP contribution in [0, 0.1) is 0 Å². The number of amides is 1. The number of methoxy groups -OCH3 is 1. The van der Waals surface area contributed by atoms with Gasteiger partial charge in [-0.1, -0.05) is 35.9 Å². The fraction of sp³-hybridized carbons (Fsp3) is 0.250. The number of thiophene rings is 1. The lowest BCUT2D eigenvalue weighted by Gasteiger charge is -2.23. The monoisotopic (exact) mass is 450 g/mol. The summed E-state index contributed by atoms with van der Waals surface area (Å²) in [5.41, 5.74) is 0.620. The molecule has 152 valence electrons. The number of hydrogen-bond donors (Lipinski definition) is 1. The molecule has 1 aromatic heterocycles. The fourth-order valence-corrected chi connectivity index (χ4v) is 6.88. The summed E-state index contributed by atoms with van der Waals surface area (Å²) < 4.78 is 33.2. The van der Waals surface area contributed by atoms with E-state index < -0.39 is 16.1 Å². The average molecular weight is 451 g/mol. The summed E-state index contributed by atoms with van der Waals surface area (Å²) in [6.07, 6.45) is 1.10. The first kappa shape index (κ1) is 20.2. The van der Waals surface area contributed by atoms with Crippen LogP contribution in [-0.4, -0.2) is 38.3 Å². The Morgan fingerprint density at radius 3 is 2.62 bits per heavy atom. The average Bonchev–Trinajstić information content (AvgIpc) is 3.38. The summed E-state index contributed by atoms with van der Waals surface area (Å²) in [5.74, 6) is 0.363. The number of fused-ring (bicyclic) bond motifs is 1. The summed E-state index contributed by atoms with van der Waals surface area (Å²) in [6, 6.07) is 13.4. The van der Waals surface area contributed by atoms with Gasteiger partial charge in [0, 0.05) is 23.0 Å². The van der Waals surface area contributed by atoms with Crippen molar-refractivity contribution < 1.29 is 17.9 Å². The topological polar surface area (TPSA) is 75.7 Å². The number of ether oxygens (including phenoxy) is 1. The predicted octanol–water partition coefficient (Wildman–Crippen LogP) is 4.36. The standard InChI is InChI=1S/C20H19ClN2O4S2/c1-27-17-9-8-15(13-5-2-3-6-14(13)17)22-20(24)16-7-4-12-23(16)29(25,26)19-11-10-18(21)28-19/h2-3,5-6,8-11,16H,4,7,12H2,1H3,(H,22,24)/t16-/m1/s1. The smallest absolute Gasteiger partial charge is 0.253 e. The summed E-state index contributed by atoms with van der Waals surface area (Å²) in [7, 11) is -2.18. The molecule has 0 bridgehead atoms. The van der Waals surface area contributed by atoms with E-state index in [1.807, 2.05) is 24.3 Å². The van der Waals surface area contributed by atoms with Crippen LogP contribution in [0.2, 0.25) is 4.34 Å². The molecular formula is C20H19ClN2O4S2. The number of nitrogens with zero attached hydrogens (tertiary/aromatic N) is 1. The number of benzene rings is 2. The van der Waals surface area contributed by atoms with E-state index in [1.165, 1.54) is 10.4 Å². The number of carbonyl (C=O) groups is 1. The number of sulfonamides is 1. The molecule has 1 N–H and O–H groups in total. The third-order valence-corrected chi connectivity index (χ3v) is 8.59. The van der Waals surface area contributed by atoms with E-state index in [1.54, 1.807) is 25.3 Å². The molecule has 1 atom stereocenters. The maximum absolute atomic E-state index is 13.0. The lowest BCUT2D eigenvalue weighted by molar-refractivity contribution is -0.119. The van der Waals surface area contributed by atoms with E-state index in [4.69, 9.17) is 16.3 Å². The molecule has 2 heterocycles. The van der Waals surface area contributed by atoms with Crippen LogP contribution in [0.4, 0.5) is 5.69 Å². The molecule has 29 heavy (non-hydrogen) atoms. The van der Waals surface area contributed by atoms with Gasteiger partial charge >= 0.3 is 0 Å². The number of nitrogens with one attached hydrogen (secondary N) is 1. The summed E-state index contributed by atoms with van der Waals surface area (Å²) in [6.45, 7) is 0.305. The highest BCUT2D eigenvalue weighted by Crippen LogP contribution is 2.34. The lowest BCUT2D eigenvalue weighted by Crippen LogP contribution is -2.42. The van der Waals surface area contributed by atoms with Gasteiger partial charge in [-0.3, -0.25) is 4.79 Å². The van der Waals surface area contributed by atoms with Crippen LogP contribution < -0.4 is 10.1 Å². The molecule has 6 nitrogen and oxygen atoms in total. The number of carbonyl (C=O) groups excluding carboxylic acids is 1. The van der Waals surface area contributed by atoms with Gasteiger partial charge in [-0.25, -0.2) is 8.42 Å². The normalized spacial score (nSPS) is 17.5. The fourth-order valence-electron chi connectivity index (χ4n) is 3.62. The molecule has 0 aliphatic carbocycles. The maximum Gasteiger partial charge on any atom is 0.253 e. The largest absolute Gasteiger partial charge is 0.496 e. The summed E-state index contributed by atoms with van der Waals surface area (Å²) >= 11 is 6.90. The van der Waals surface area contributed by atoms with Gasteiger partial charge in [-0.2, -0.15) is 4.31 Å². The van der Waals surface area contributed by atoms with Crippen LogP contribution in [0.3, 0.4) is 0 Å². The van der Waals surface area contributed by atoms with Crippen molar-refractivity contribution in [2.45, 2.75) is 23.1 Å². The second-order valence-corrected chi connectivity index (χ2v) is 10.5. The molecule has 3 aromatic rings. The Bertz CT molecular complexity index is 1180. The molecule has 1 saturated heterocycles. The van der Waals surface area contributed by atoms with E-state index >= 15 is 0 Å². The van der Waals surface area contributed by atoms with E-state index in [-0.39, 0.29) is 10.1 Å². The molecule has 0 spiro atoms. The first-order valence-electron chi connectivity index (χ1n) is 9.05. The molecule has 1 aliphatic heterocycles.